The summed E-state index contributed by atoms with van der Waals surface area (Å²) < 4.78 is 0. The van der Waals surface area contributed by atoms with Gasteiger partial charge in [-0.15, -0.1) is 0 Å². The molecule has 2 aromatic carbocycles. The van der Waals surface area contributed by atoms with Crippen molar-refractivity contribution in [3.8, 4) is 0 Å². The Kier molecular flexibility index (Phi) is 17.2. The number of hydrogen-bond donors (Lipinski definition) is 0. The van der Waals surface area contributed by atoms with Gasteiger partial charge in [0.05, 0.1) is 0 Å². The number of hydrogen-bond acceptors (Lipinski definition) is 0. The summed E-state index contributed by atoms with van der Waals surface area (Å²) in [6.07, 6.45) is 0. The molecule has 0 saturated carbocycles. The van der Waals surface area contributed by atoms with E-state index in [1.54, 1.807) is 0 Å². The molecular weight excluding hydrogens is 320 g/mol. The van der Waals surface area contributed by atoms with E-state index in [9.17, 15) is 0 Å². The Bertz CT molecular complexity index is 290. The molecule has 0 bridgehead atoms. The second kappa shape index (κ2) is 15.5. The third kappa shape index (κ3) is 9.21. The Morgan fingerprint density at radius 3 is 0.941 bits per heavy atom. The second-order valence-corrected chi connectivity index (χ2v) is 5.09. The van der Waals surface area contributed by atoms with Crippen molar-refractivity contribution < 1.29 is 0 Å². The first-order valence-electron chi connectivity index (χ1n) is 6.22. The minimum atomic E-state index is 0.470. The van der Waals surface area contributed by atoms with Gasteiger partial charge in [0.15, 0.2) is 0 Å². The largest absolute Gasteiger partial charge is 0.0616 e. The van der Waals surface area contributed by atoms with Crippen molar-refractivity contribution in [1.82, 2.24) is 0 Å². The van der Waals surface area contributed by atoms with Gasteiger partial charge in [0.2, 0.25) is 0 Å². The van der Waals surface area contributed by atoms with Crippen molar-refractivity contribution >= 4 is 31.7 Å². The van der Waals surface area contributed by atoms with Crippen LogP contribution in [0.5, 0.6) is 0 Å². The molecule has 0 aromatic heterocycles. The Morgan fingerprint density at radius 1 is 0.588 bits per heavy atom. The SMILES string of the molecule is CC.CC.C[Te]C.c1ccc2ccccc2c1. The molecule has 0 atom stereocenters. The molecule has 0 radical (unpaired) electrons. The zero-order chi connectivity index (χ0) is 13.5. The van der Waals surface area contributed by atoms with E-state index in [-0.39, 0.29) is 0 Å². The Hall–Kier alpha value is -0.510. The Labute approximate surface area is 118 Å². The van der Waals surface area contributed by atoms with E-state index in [1.165, 1.54) is 10.8 Å². The van der Waals surface area contributed by atoms with Crippen molar-refractivity contribution in [3.63, 3.8) is 0 Å². The molecule has 0 heterocycles. The molecule has 0 aliphatic heterocycles. The summed E-state index contributed by atoms with van der Waals surface area (Å²) in [6.45, 7) is 8.00. The predicted octanol–water partition coefficient (Wildman–Crippen LogP) is 5.68. The maximum Gasteiger partial charge on any atom is -0.0184 e. The third-order valence-electron chi connectivity index (χ3n) is 1.66. The van der Waals surface area contributed by atoms with E-state index in [4.69, 9.17) is 0 Å². The fraction of sp³-hybridized carbons (Fsp3) is 0.375. The molecule has 96 valence electrons. The van der Waals surface area contributed by atoms with Crippen LogP contribution in [0.25, 0.3) is 10.8 Å². The van der Waals surface area contributed by atoms with E-state index >= 15 is 0 Å². The van der Waals surface area contributed by atoms with Gasteiger partial charge >= 0.3 is 30.9 Å². The van der Waals surface area contributed by atoms with Gasteiger partial charge in [0.25, 0.3) is 0 Å². The quantitative estimate of drug-likeness (QED) is 0.539. The van der Waals surface area contributed by atoms with E-state index in [0.29, 0.717) is 20.9 Å². The smallest absolute Gasteiger partial charge is 0.0184 e. The summed E-state index contributed by atoms with van der Waals surface area (Å²) in [7, 11) is 0. The molecule has 0 unspecified atom stereocenters. The molecule has 0 nitrogen and oxygen atoms in total. The van der Waals surface area contributed by atoms with Crippen LogP contribution in [0.2, 0.25) is 9.94 Å². The Morgan fingerprint density at radius 2 is 0.765 bits per heavy atom. The molecule has 0 saturated heterocycles. The molecule has 2 aromatic rings. The normalized spacial score (nSPS) is 7.65. The van der Waals surface area contributed by atoms with Gasteiger partial charge in [-0.1, -0.05) is 76.2 Å². The first kappa shape index (κ1) is 18.8. The average molecular weight is 346 g/mol. The predicted molar refractivity (Wildman–Crippen MR) is 84.1 cm³/mol. The monoisotopic (exact) mass is 348 g/mol. The van der Waals surface area contributed by atoms with Crippen molar-refractivity contribution in [2.75, 3.05) is 0 Å². The molecule has 1 heteroatoms. The molecule has 0 spiro atoms. The zero-order valence-electron chi connectivity index (χ0n) is 12.0. The summed E-state index contributed by atoms with van der Waals surface area (Å²) in [5.41, 5.74) is 0. The summed E-state index contributed by atoms with van der Waals surface area (Å²) in [4.78, 5) is 4.51. The van der Waals surface area contributed by atoms with Gasteiger partial charge in [-0.05, 0) is 10.8 Å². The third-order valence-corrected chi connectivity index (χ3v) is 1.66. The maximum atomic E-state index is 2.26. The maximum absolute atomic E-state index is 2.26. The van der Waals surface area contributed by atoms with Crippen LogP contribution >= 0.6 is 0 Å². The first-order valence-corrected chi connectivity index (χ1v) is 10.9. The Balaban J connectivity index is 0. The average Bonchev–Trinajstić information content (AvgIpc) is 2.44. The van der Waals surface area contributed by atoms with Gasteiger partial charge in [-0.2, -0.15) is 0 Å². The van der Waals surface area contributed by atoms with Gasteiger partial charge in [-0.25, -0.2) is 0 Å². The second-order valence-electron chi connectivity index (χ2n) is 2.76. The molecule has 0 N–H and O–H groups in total. The number of benzene rings is 2. The van der Waals surface area contributed by atoms with Crippen LogP contribution in [0.3, 0.4) is 0 Å². The topological polar surface area (TPSA) is 0 Å². The molecule has 17 heavy (non-hydrogen) atoms. The van der Waals surface area contributed by atoms with Gasteiger partial charge in [0, 0.05) is 0 Å². The molecule has 0 amide bonds. The van der Waals surface area contributed by atoms with E-state index < -0.39 is 0 Å². The minimum Gasteiger partial charge on any atom is -0.0616 e. The van der Waals surface area contributed by atoms with Gasteiger partial charge in [0.1, 0.15) is 0 Å². The van der Waals surface area contributed by atoms with Crippen LogP contribution < -0.4 is 0 Å². The van der Waals surface area contributed by atoms with Gasteiger partial charge in [-0.3, -0.25) is 0 Å². The summed E-state index contributed by atoms with van der Waals surface area (Å²) in [5.74, 6) is 0. The fourth-order valence-electron chi connectivity index (χ4n) is 1.13. The molecule has 2 rings (SSSR count). The van der Waals surface area contributed by atoms with Crippen LogP contribution in [-0.4, -0.2) is 20.9 Å². The van der Waals surface area contributed by atoms with Crippen LogP contribution in [0.1, 0.15) is 27.7 Å². The van der Waals surface area contributed by atoms with E-state index in [0.717, 1.165) is 0 Å². The minimum absolute atomic E-state index is 0.470. The molecule has 0 fully saturated rings. The summed E-state index contributed by atoms with van der Waals surface area (Å²) in [6, 6.07) is 16.7. The van der Waals surface area contributed by atoms with Crippen molar-refractivity contribution in [3.05, 3.63) is 48.5 Å². The summed E-state index contributed by atoms with van der Waals surface area (Å²) in [5, 5.41) is 2.62. The fourth-order valence-corrected chi connectivity index (χ4v) is 1.13. The molecule has 0 aliphatic rings. The van der Waals surface area contributed by atoms with E-state index in [1.807, 2.05) is 27.7 Å². The van der Waals surface area contributed by atoms with E-state index in [2.05, 4.69) is 58.5 Å². The number of rotatable bonds is 0. The standard InChI is InChI=1S/C10H8.C2H6Te.2C2H6/c1-2-6-10-8-4-3-7-9(10)5-1;1-3-2;2*1-2/h1-8H;1-2H3;2*1-2H3. The van der Waals surface area contributed by atoms with Crippen LogP contribution in [-0.2, 0) is 0 Å². The van der Waals surface area contributed by atoms with Crippen molar-refractivity contribution in [2.45, 2.75) is 37.6 Å². The zero-order valence-corrected chi connectivity index (χ0v) is 14.4. The first-order chi connectivity index (χ1) is 8.38. The number of fused-ring (bicyclic) bond motifs is 1. The summed E-state index contributed by atoms with van der Waals surface area (Å²) >= 11 is 0.470. The van der Waals surface area contributed by atoms with Crippen molar-refractivity contribution in [1.29, 1.82) is 0 Å². The van der Waals surface area contributed by atoms with Crippen molar-refractivity contribution in [2.24, 2.45) is 0 Å². The van der Waals surface area contributed by atoms with Crippen LogP contribution in [0.4, 0.5) is 0 Å². The van der Waals surface area contributed by atoms with Gasteiger partial charge < -0.3 is 0 Å². The van der Waals surface area contributed by atoms with Crippen LogP contribution in [0.15, 0.2) is 48.5 Å². The molecular formula is C16H26Te. The molecule has 0 aliphatic carbocycles. The van der Waals surface area contributed by atoms with Crippen LogP contribution in [0, 0.1) is 0 Å².